The number of benzene rings is 1. The number of sulfonamides is 1. The van der Waals surface area contributed by atoms with Crippen LogP contribution >= 0.6 is 35.3 Å². The van der Waals surface area contributed by atoms with Crippen molar-refractivity contribution in [3.63, 3.8) is 0 Å². The van der Waals surface area contributed by atoms with Gasteiger partial charge in [-0.25, -0.2) is 13.1 Å². The summed E-state index contributed by atoms with van der Waals surface area (Å²) in [5.74, 6) is 0.949. The minimum Gasteiger partial charge on any atom is -0.357 e. The Morgan fingerprint density at radius 1 is 1.18 bits per heavy atom. The molecule has 1 aromatic carbocycles. The van der Waals surface area contributed by atoms with Gasteiger partial charge in [0.05, 0.1) is 5.75 Å². The number of nitrogens with zero attached hydrogens (tertiary/aromatic N) is 1. The molecule has 0 saturated heterocycles. The summed E-state index contributed by atoms with van der Waals surface area (Å²) < 4.78 is 26.9. The molecule has 6 nitrogen and oxygen atoms in total. The molecule has 0 saturated carbocycles. The lowest BCUT2D eigenvalue weighted by atomic mass is 10.1. The van der Waals surface area contributed by atoms with Crippen LogP contribution in [0.15, 0.2) is 52.2 Å². The van der Waals surface area contributed by atoms with E-state index in [2.05, 4.69) is 44.1 Å². The van der Waals surface area contributed by atoms with E-state index in [4.69, 9.17) is 0 Å². The number of hydrogen-bond acceptors (Lipinski definition) is 4. The molecule has 2 rings (SSSR count). The Balaban J connectivity index is 0.00000392. The van der Waals surface area contributed by atoms with Crippen LogP contribution in [-0.2, 0) is 16.6 Å². The smallest absolute Gasteiger partial charge is 0.213 e. The molecule has 0 amide bonds. The second kappa shape index (κ2) is 13.1. The van der Waals surface area contributed by atoms with Crippen LogP contribution in [0, 0.1) is 0 Å². The number of hydrogen-bond donors (Lipinski definition) is 3. The van der Waals surface area contributed by atoms with Gasteiger partial charge in [0, 0.05) is 32.1 Å². The Hall–Kier alpha value is -1.17. The third-order valence-electron chi connectivity index (χ3n) is 3.98. The number of guanidine groups is 1. The van der Waals surface area contributed by atoms with Crippen LogP contribution in [0.4, 0.5) is 0 Å². The van der Waals surface area contributed by atoms with E-state index >= 15 is 0 Å². The van der Waals surface area contributed by atoms with Gasteiger partial charge in [0.15, 0.2) is 5.96 Å². The number of halogens is 1. The van der Waals surface area contributed by atoms with E-state index < -0.39 is 10.0 Å². The maximum atomic E-state index is 12.2. The largest absolute Gasteiger partial charge is 0.357 e. The average molecular weight is 537 g/mol. The van der Waals surface area contributed by atoms with Gasteiger partial charge in [-0.15, -0.1) is 24.0 Å². The van der Waals surface area contributed by atoms with E-state index in [0.29, 0.717) is 31.5 Å². The summed E-state index contributed by atoms with van der Waals surface area (Å²) in [5.41, 5.74) is 2.21. The zero-order valence-corrected chi connectivity index (χ0v) is 20.2. The van der Waals surface area contributed by atoms with Crippen molar-refractivity contribution < 1.29 is 8.42 Å². The first kappa shape index (κ1) is 24.9. The summed E-state index contributed by atoms with van der Waals surface area (Å²) in [6.07, 6.45) is 0. The van der Waals surface area contributed by atoms with Crippen molar-refractivity contribution in [2.24, 2.45) is 4.99 Å². The fraction of sp³-hybridized carbons (Fsp3) is 0.421. The lowest BCUT2D eigenvalue weighted by Crippen LogP contribution is -2.41. The molecule has 1 aromatic heterocycles. The predicted molar refractivity (Wildman–Crippen MR) is 129 cm³/mol. The molecule has 1 unspecified atom stereocenters. The lowest BCUT2D eigenvalue weighted by molar-refractivity contribution is 0.580. The van der Waals surface area contributed by atoms with Gasteiger partial charge in [0.25, 0.3) is 0 Å². The van der Waals surface area contributed by atoms with Gasteiger partial charge in [0.2, 0.25) is 10.0 Å². The van der Waals surface area contributed by atoms with Crippen LogP contribution in [0.25, 0.3) is 0 Å². The predicted octanol–water partition coefficient (Wildman–Crippen LogP) is 3.14. The van der Waals surface area contributed by atoms with E-state index in [1.165, 1.54) is 5.56 Å². The highest BCUT2D eigenvalue weighted by atomic mass is 127. The monoisotopic (exact) mass is 536 g/mol. The molecule has 0 aliphatic carbocycles. The van der Waals surface area contributed by atoms with E-state index in [1.54, 1.807) is 11.3 Å². The molecule has 3 N–H and O–H groups in total. The maximum Gasteiger partial charge on any atom is 0.213 e. The maximum absolute atomic E-state index is 12.2. The van der Waals surface area contributed by atoms with Crippen molar-refractivity contribution in [3.05, 3.63) is 58.3 Å². The van der Waals surface area contributed by atoms with Gasteiger partial charge in [-0.05, 0) is 34.9 Å². The molecule has 0 aliphatic heterocycles. The molecule has 1 heterocycles. The molecule has 0 bridgehead atoms. The van der Waals surface area contributed by atoms with E-state index in [9.17, 15) is 8.42 Å². The van der Waals surface area contributed by atoms with Gasteiger partial charge in [0.1, 0.15) is 0 Å². The quantitative estimate of drug-likeness (QED) is 0.248. The number of thiophene rings is 1. The fourth-order valence-electron chi connectivity index (χ4n) is 2.40. The van der Waals surface area contributed by atoms with Crippen LogP contribution in [0.3, 0.4) is 0 Å². The van der Waals surface area contributed by atoms with Crippen LogP contribution < -0.4 is 15.4 Å². The van der Waals surface area contributed by atoms with Crippen LogP contribution in [-0.4, -0.2) is 39.8 Å². The Morgan fingerprint density at radius 2 is 1.93 bits per heavy atom. The lowest BCUT2D eigenvalue weighted by Gasteiger charge is -2.13. The zero-order valence-electron chi connectivity index (χ0n) is 16.2. The minimum atomic E-state index is -3.35. The second-order valence-corrected chi connectivity index (χ2v) is 8.94. The second-order valence-electron chi connectivity index (χ2n) is 6.23. The Morgan fingerprint density at radius 3 is 2.57 bits per heavy atom. The topological polar surface area (TPSA) is 82.6 Å². The number of rotatable bonds is 10. The Kier molecular flexibility index (Phi) is 11.7. The summed E-state index contributed by atoms with van der Waals surface area (Å²) >= 11 is 1.68. The Labute approximate surface area is 189 Å². The first-order valence-corrected chi connectivity index (χ1v) is 11.6. The molecule has 28 heavy (non-hydrogen) atoms. The third kappa shape index (κ3) is 9.35. The summed E-state index contributed by atoms with van der Waals surface area (Å²) in [4.78, 5) is 4.57. The van der Waals surface area contributed by atoms with Gasteiger partial charge < -0.3 is 10.6 Å². The molecule has 0 aliphatic rings. The van der Waals surface area contributed by atoms with Crippen LogP contribution in [0.2, 0.25) is 0 Å². The van der Waals surface area contributed by atoms with Crippen molar-refractivity contribution in [1.29, 1.82) is 0 Å². The zero-order chi connectivity index (χ0) is 19.5. The molecular formula is C19H29IN4O2S2. The molecule has 0 radical (unpaired) electrons. The molecular weight excluding hydrogens is 507 g/mol. The van der Waals surface area contributed by atoms with Crippen molar-refractivity contribution in [2.45, 2.75) is 26.3 Å². The molecule has 156 valence electrons. The van der Waals surface area contributed by atoms with Gasteiger partial charge in [-0.2, -0.15) is 11.3 Å². The summed E-state index contributed by atoms with van der Waals surface area (Å²) in [7, 11) is -3.35. The summed E-state index contributed by atoms with van der Waals surface area (Å²) in [5, 5.41) is 10.4. The molecule has 1 atom stereocenters. The van der Waals surface area contributed by atoms with Gasteiger partial charge in [-0.3, -0.25) is 4.99 Å². The molecule has 2 aromatic rings. The first-order chi connectivity index (χ1) is 13.0. The Bertz CT molecular complexity index is 797. The number of aliphatic imine (C=N–C) groups is 1. The fourth-order valence-corrected chi connectivity index (χ4v) is 4.08. The third-order valence-corrected chi connectivity index (χ3v) is 6.01. The standard InChI is InChI=1S/C19H28N4O2S2.HI/c1-3-20-19(22-13-16(2)18-9-11-26-15-18)21-10-12-27(24,25)23-14-17-7-5-4-6-8-17;/h4-9,11,15-16,23H,3,10,12-14H2,1-2H3,(H2,20,21,22);1H. The van der Waals surface area contributed by atoms with Crippen LogP contribution in [0.1, 0.15) is 30.9 Å². The summed E-state index contributed by atoms with van der Waals surface area (Å²) in [6.45, 7) is 6.08. The van der Waals surface area contributed by atoms with Crippen molar-refractivity contribution in [3.8, 4) is 0 Å². The number of nitrogens with one attached hydrogen (secondary N) is 3. The minimum absolute atomic E-state index is 0. The van der Waals surface area contributed by atoms with Crippen LogP contribution in [0.5, 0.6) is 0 Å². The highest BCUT2D eigenvalue weighted by Crippen LogP contribution is 2.18. The first-order valence-electron chi connectivity index (χ1n) is 9.05. The molecule has 9 heteroatoms. The SMILES string of the molecule is CCNC(=NCC(C)c1ccsc1)NCCS(=O)(=O)NCc1ccccc1.I. The van der Waals surface area contributed by atoms with Crippen molar-refractivity contribution >= 4 is 51.3 Å². The van der Waals surface area contributed by atoms with E-state index in [0.717, 1.165) is 12.1 Å². The van der Waals surface area contributed by atoms with Crippen molar-refractivity contribution in [2.75, 3.05) is 25.4 Å². The average Bonchev–Trinajstić information content (AvgIpc) is 3.20. The van der Waals surface area contributed by atoms with Crippen molar-refractivity contribution in [1.82, 2.24) is 15.4 Å². The normalized spacial score (nSPS) is 12.9. The molecule has 0 spiro atoms. The van der Waals surface area contributed by atoms with Gasteiger partial charge in [-0.1, -0.05) is 37.3 Å². The van der Waals surface area contributed by atoms with Gasteiger partial charge >= 0.3 is 0 Å². The van der Waals surface area contributed by atoms with E-state index in [-0.39, 0.29) is 29.7 Å². The highest BCUT2D eigenvalue weighted by Gasteiger charge is 2.11. The molecule has 0 fully saturated rings. The summed E-state index contributed by atoms with van der Waals surface area (Å²) in [6, 6.07) is 11.6. The highest BCUT2D eigenvalue weighted by molar-refractivity contribution is 14.0. The van der Waals surface area contributed by atoms with E-state index in [1.807, 2.05) is 37.3 Å².